The van der Waals surface area contributed by atoms with Crippen molar-refractivity contribution in [3.8, 4) is 0 Å². The van der Waals surface area contributed by atoms with Crippen molar-refractivity contribution in [3.63, 3.8) is 0 Å². The molecule has 3 N–H and O–H groups in total. The predicted molar refractivity (Wildman–Crippen MR) is 66.3 cm³/mol. The molecule has 2 heteroatoms. The molecular weight excluding hydrogens is 210 g/mol. The zero-order chi connectivity index (χ0) is 11.7. The Morgan fingerprint density at radius 1 is 1.18 bits per heavy atom. The van der Waals surface area contributed by atoms with Crippen LogP contribution in [0, 0.1) is 5.92 Å². The topological polar surface area (TPSA) is 40.8 Å². The Labute approximate surface area is 101 Å². The second-order valence-corrected chi connectivity index (χ2v) is 4.89. The van der Waals surface area contributed by atoms with Gasteiger partial charge in [-0.3, -0.25) is 0 Å². The molecule has 88 valence electrons. The van der Waals surface area contributed by atoms with Crippen LogP contribution in [0.3, 0.4) is 0 Å². The number of furan rings is 1. The summed E-state index contributed by atoms with van der Waals surface area (Å²) in [7, 11) is 0. The summed E-state index contributed by atoms with van der Waals surface area (Å²) >= 11 is 0. The molecule has 0 saturated heterocycles. The maximum atomic E-state index is 5.44. The van der Waals surface area contributed by atoms with E-state index in [4.69, 9.17) is 4.42 Å². The van der Waals surface area contributed by atoms with E-state index in [0.717, 1.165) is 12.2 Å². The molecular formula is C15H18NO+. The highest BCUT2D eigenvalue weighted by molar-refractivity contribution is 5.31. The van der Waals surface area contributed by atoms with E-state index in [-0.39, 0.29) is 0 Å². The average molecular weight is 228 g/mol. The predicted octanol–water partition coefficient (Wildman–Crippen LogP) is 2.37. The summed E-state index contributed by atoms with van der Waals surface area (Å²) in [5, 5.41) is 0. The molecule has 0 spiro atoms. The Morgan fingerprint density at radius 2 is 2.06 bits per heavy atom. The third-order valence-corrected chi connectivity index (χ3v) is 3.85. The van der Waals surface area contributed by atoms with Gasteiger partial charge in [-0.15, -0.1) is 0 Å². The quantitative estimate of drug-likeness (QED) is 0.842. The number of quaternary nitrogens is 1. The van der Waals surface area contributed by atoms with Crippen molar-refractivity contribution >= 4 is 0 Å². The van der Waals surface area contributed by atoms with Gasteiger partial charge in [0.05, 0.1) is 6.26 Å². The zero-order valence-corrected chi connectivity index (χ0v) is 9.93. The number of rotatable bonds is 2. The molecule has 0 amide bonds. The maximum absolute atomic E-state index is 5.44. The molecule has 0 aliphatic heterocycles. The van der Waals surface area contributed by atoms with E-state index < -0.39 is 0 Å². The third-order valence-electron chi connectivity index (χ3n) is 3.85. The molecule has 2 unspecified atom stereocenters. The smallest absolute Gasteiger partial charge is 0.114 e. The van der Waals surface area contributed by atoms with Gasteiger partial charge in [0, 0.05) is 17.9 Å². The molecule has 0 bridgehead atoms. The van der Waals surface area contributed by atoms with Gasteiger partial charge in [-0.25, -0.2) is 0 Å². The summed E-state index contributed by atoms with van der Waals surface area (Å²) in [5.41, 5.74) is 7.26. The van der Waals surface area contributed by atoms with Crippen LogP contribution in [-0.4, -0.2) is 0 Å². The summed E-state index contributed by atoms with van der Waals surface area (Å²) in [6.07, 6.45) is 5.15. The van der Waals surface area contributed by atoms with Gasteiger partial charge < -0.3 is 10.2 Å². The first kappa shape index (κ1) is 10.6. The Morgan fingerprint density at radius 3 is 2.88 bits per heavy atom. The lowest BCUT2D eigenvalue weighted by Gasteiger charge is -2.27. The minimum absolute atomic E-state index is 0.394. The van der Waals surface area contributed by atoms with E-state index in [1.165, 1.54) is 24.0 Å². The van der Waals surface area contributed by atoms with Crippen LogP contribution in [0.15, 0.2) is 47.1 Å². The highest BCUT2D eigenvalue weighted by Crippen LogP contribution is 2.33. The lowest BCUT2D eigenvalue weighted by Crippen LogP contribution is -2.58. The van der Waals surface area contributed by atoms with Crippen molar-refractivity contribution in [2.75, 3.05) is 0 Å². The van der Waals surface area contributed by atoms with Gasteiger partial charge in [0.2, 0.25) is 0 Å². The first-order chi connectivity index (χ1) is 8.34. The first-order valence-electron chi connectivity index (χ1n) is 6.28. The van der Waals surface area contributed by atoms with Crippen LogP contribution in [0.5, 0.6) is 0 Å². The van der Waals surface area contributed by atoms with Gasteiger partial charge in [-0.1, -0.05) is 24.3 Å². The molecule has 17 heavy (non-hydrogen) atoms. The minimum atomic E-state index is 0.394. The molecule has 2 atom stereocenters. The Balaban J connectivity index is 1.82. The summed E-state index contributed by atoms with van der Waals surface area (Å²) in [4.78, 5) is 0. The van der Waals surface area contributed by atoms with Gasteiger partial charge in [-0.2, -0.15) is 0 Å². The van der Waals surface area contributed by atoms with Gasteiger partial charge in [0.15, 0.2) is 0 Å². The number of fused-ring (bicyclic) bond motifs is 1. The summed E-state index contributed by atoms with van der Waals surface area (Å²) in [6.45, 7) is 0. The van der Waals surface area contributed by atoms with Crippen molar-refractivity contribution in [1.82, 2.24) is 0 Å². The van der Waals surface area contributed by atoms with Crippen molar-refractivity contribution in [2.45, 2.75) is 25.3 Å². The number of aryl methyl sites for hydroxylation is 1. The second kappa shape index (κ2) is 4.38. The fourth-order valence-corrected chi connectivity index (χ4v) is 2.85. The van der Waals surface area contributed by atoms with Crippen LogP contribution >= 0.6 is 0 Å². The van der Waals surface area contributed by atoms with E-state index >= 15 is 0 Å². The van der Waals surface area contributed by atoms with Gasteiger partial charge in [-0.05, 0) is 30.5 Å². The van der Waals surface area contributed by atoms with Gasteiger partial charge in [0.1, 0.15) is 11.8 Å². The summed E-state index contributed by atoms with van der Waals surface area (Å²) in [5.74, 6) is 1.69. The molecule has 0 saturated carbocycles. The SMILES string of the molecule is [NH3+]C1c2ccccc2CCC1Cc1ccco1. The van der Waals surface area contributed by atoms with Crippen molar-refractivity contribution in [1.29, 1.82) is 0 Å². The van der Waals surface area contributed by atoms with Crippen LogP contribution in [-0.2, 0) is 12.8 Å². The molecule has 1 aliphatic carbocycles. The highest BCUT2D eigenvalue weighted by Gasteiger charge is 2.29. The monoisotopic (exact) mass is 228 g/mol. The molecule has 1 heterocycles. The number of hydrogen-bond acceptors (Lipinski definition) is 1. The molecule has 1 aromatic heterocycles. The third kappa shape index (κ3) is 2.01. The average Bonchev–Trinajstić information content (AvgIpc) is 2.86. The fourth-order valence-electron chi connectivity index (χ4n) is 2.85. The van der Waals surface area contributed by atoms with Crippen molar-refractivity contribution in [2.24, 2.45) is 5.92 Å². The molecule has 2 aromatic rings. The van der Waals surface area contributed by atoms with Crippen LogP contribution in [0.2, 0.25) is 0 Å². The second-order valence-electron chi connectivity index (χ2n) is 4.89. The lowest BCUT2D eigenvalue weighted by molar-refractivity contribution is -0.442. The highest BCUT2D eigenvalue weighted by atomic mass is 16.3. The first-order valence-corrected chi connectivity index (χ1v) is 6.28. The molecule has 1 aliphatic rings. The molecule has 0 radical (unpaired) electrons. The maximum Gasteiger partial charge on any atom is 0.114 e. The van der Waals surface area contributed by atoms with Gasteiger partial charge in [0.25, 0.3) is 0 Å². The number of benzene rings is 1. The Bertz CT molecular complexity index is 489. The van der Waals surface area contributed by atoms with E-state index in [2.05, 4.69) is 36.1 Å². The summed E-state index contributed by atoms with van der Waals surface area (Å²) in [6, 6.07) is 13.1. The van der Waals surface area contributed by atoms with Crippen LogP contribution in [0.25, 0.3) is 0 Å². The van der Waals surface area contributed by atoms with Crippen molar-refractivity contribution in [3.05, 3.63) is 59.5 Å². The Kier molecular flexibility index (Phi) is 2.73. The van der Waals surface area contributed by atoms with E-state index in [0.29, 0.717) is 12.0 Å². The van der Waals surface area contributed by atoms with E-state index in [1.54, 1.807) is 6.26 Å². The van der Waals surface area contributed by atoms with Crippen LogP contribution in [0.4, 0.5) is 0 Å². The normalized spacial score (nSPS) is 23.4. The lowest BCUT2D eigenvalue weighted by atomic mass is 9.78. The molecule has 1 aromatic carbocycles. The van der Waals surface area contributed by atoms with Crippen LogP contribution in [0.1, 0.15) is 29.3 Å². The van der Waals surface area contributed by atoms with Crippen LogP contribution < -0.4 is 5.73 Å². The molecule has 3 rings (SSSR count). The molecule has 0 fully saturated rings. The zero-order valence-electron chi connectivity index (χ0n) is 9.93. The summed E-state index contributed by atoms with van der Waals surface area (Å²) < 4.78 is 5.44. The largest absolute Gasteiger partial charge is 0.469 e. The van der Waals surface area contributed by atoms with E-state index in [1.807, 2.05) is 6.07 Å². The molecule has 2 nitrogen and oxygen atoms in total. The van der Waals surface area contributed by atoms with E-state index in [9.17, 15) is 0 Å². The van der Waals surface area contributed by atoms with Gasteiger partial charge >= 0.3 is 0 Å². The number of hydrogen-bond donors (Lipinski definition) is 1. The van der Waals surface area contributed by atoms with Crippen molar-refractivity contribution < 1.29 is 10.2 Å². The minimum Gasteiger partial charge on any atom is -0.469 e. The standard InChI is InChI=1S/C15H17NO/c16-15-12(10-13-5-3-9-17-13)8-7-11-4-1-2-6-14(11)15/h1-6,9,12,15H,7-8,10,16H2/p+1. The Hall–Kier alpha value is -1.54. The fraction of sp³-hybridized carbons (Fsp3) is 0.333.